The maximum absolute atomic E-state index is 13.0. The first-order valence-electron chi connectivity index (χ1n) is 11.8. The number of aliphatic hydroxyl groups excluding tert-OH is 1. The van der Waals surface area contributed by atoms with Crippen LogP contribution in [0.2, 0.25) is 0 Å². The second-order valence-electron chi connectivity index (χ2n) is 8.60. The van der Waals surface area contributed by atoms with E-state index in [9.17, 15) is 34.2 Å². The molecule has 5 unspecified atom stereocenters. The molecule has 1 aromatic carbocycles. The van der Waals surface area contributed by atoms with E-state index in [-0.39, 0.29) is 31.8 Å². The molecular weight excluding hydrogens is 500 g/mol. The number of carboxylic acids is 1. The van der Waals surface area contributed by atoms with E-state index in [1.165, 1.54) is 6.92 Å². The molecule has 0 aliphatic carbocycles. The van der Waals surface area contributed by atoms with Gasteiger partial charge in [0.15, 0.2) is 5.96 Å². The zero-order chi connectivity index (χ0) is 28.8. The number of carbonyl (C=O) groups is 5. The topological polar surface area (TPSA) is 278 Å². The summed E-state index contributed by atoms with van der Waals surface area (Å²) in [5.41, 5.74) is 21.9. The summed E-state index contributed by atoms with van der Waals surface area (Å²) in [5.74, 6) is -4.98. The lowest BCUT2D eigenvalue weighted by molar-refractivity contribution is -0.143. The Bertz CT molecular complexity index is 999. The third-order valence-electron chi connectivity index (χ3n) is 5.30. The number of aliphatic hydroxyl groups is 1. The lowest BCUT2D eigenvalue weighted by atomic mass is 10.0. The van der Waals surface area contributed by atoms with Gasteiger partial charge in [0.1, 0.15) is 18.1 Å². The number of nitrogens with one attached hydrogen (secondary N) is 3. The number of aliphatic imine (C=N–C) groups is 1. The monoisotopic (exact) mass is 536 g/mol. The van der Waals surface area contributed by atoms with Gasteiger partial charge in [-0.15, -0.1) is 0 Å². The predicted molar refractivity (Wildman–Crippen MR) is 137 cm³/mol. The van der Waals surface area contributed by atoms with Crippen molar-refractivity contribution in [1.29, 1.82) is 0 Å². The zero-order valence-corrected chi connectivity index (χ0v) is 21.0. The number of nitrogens with two attached hydrogens (primary N) is 4. The standard InChI is InChI=1S/C23H36N8O7/c1-12(32)18(21(36)30-16(22(37)38)10-13-6-3-2-4-7-13)31-20(35)15(8-5-9-28-23(26)27)29-19(34)14(24)11-17(25)33/h2-4,6-7,12,14-16,18,32H,5,8-11,24H2,1H3,(H2,25,33)(H,29,34)(H,30,36)(H,31,35)(H,37,38)(H4,26,27,28). The average molecular weight is 537 g/mol. The van der Waals surface area contributed by atoms with Gasteiger partial charge in [-0.2, -0.15) is 0 Å². The summed E-state index contributed by atoms with van der Waals surface area (Å²) < 4.78 is 0. The van der Waals surface area contributed by atoms with E-state index in [0.29, 0.717) is 5.56 Å². The maximum Gasteiger partial charge on any atom is 0.326 e. The van der Waals surface area contributed by atoms with E-state index in [2.05, 4.69) is 20.9 Å². The number of hydrogen-bond acceptors (Lipinski definition) is 8. The van der Waals surface area contributed by atoms with E-state index in [4.69, 9.17) is 22.9 Å². The Morgan fingerprint density at radius 1 is 0.921 bits per heavy atom. The Hall–Kier alpha value is -4.24. The van der Waals surface area contributed by atoms with Crippen molar-refractivity contribution in [3.05, 3.63) is 35.9 Å². The third-order valence-corrected chi connectivity index (χ3v) is 5.30. The van der Waals surface area contributed by atoms with Crippen molar-refractivity contribution in [2.45, 2.75) is 62.9 Å². The summed E-state index contributed by atoms with van der Waals surface area (Å²) in [4.78, 5) is 64.9. The Balaban J connectivity index is 3.00. The molecule has 4 amide bonds. The van der Waals surface area contributed by atoms with Crippen LogP contribution >= 0.6 is 0 Å². The van der Waals surface area contributed by atoms with Crippen molar-refractivity contribution in [3.63, 3.8) is 0 Å². The fourth-order valence-corrected chi connectivity index (χ4v) is 3.33. The first-order chi connectivity index (χ1) is 17.8. The molecule has 0 aliphatic rings. The third kappa shape index (κ3) is 11.7. The fourth-order valence-electron chi connectivity index (χ4n) is 3.33. The largest absolute Gasteiger partial charge is 0.480 e. The van der Waals surface area contributed by atoms with Crippen LogP contribution in [0.25, 0.3) is 0 Å². The molecule has 5 atom stereocenters. The molecule has 13 N–H and O–H groups in total. The average Bonchev–Trinajstić information content (AvgIpc) is 2.83. The van der Waals surface area contributed by atoms with Crippen molar-refractivity contribution in [2.24, 2.45) is 27.9 Å². The van der Waals surface area contributed by atoms with Crippen molar-refractivity contribution in [2.75, 3.05) is 6.54 Å². The maximum atomic E-state index is 13.0. The van der Waals surface area contributed by atoms with Crippen LogP contribution in [-0.2, 0) is 30.4 Å². The Morgan fingerprint density at radius 2 is 1.53 bits per heavy atom. The van der Waals surface area contributed by atoms with Crippen LogP contribution in [0.3, 0.4) is 0 Å². The van der Waals surface area contributed by atoms with Crippen LogP contribution in [-0.4, -0.2) is 82.6 Å². The van der Waals surface area contributed by atoms with E-state index in [1.54, 1.807) is 30.3 Å². The molecule has 0 saturated heterocycles. The molecule has 0 fully saturated rings. The number of amides is 4. The summed E-state index contributed by atoms with van der Waals surface area (Å²) in [7, 11) is 0. The van der Waals surface area contributed by atoms with Gasteiger partial charge in [-0.25, -0.2) is 4.79 Å². The summed E-state index contributed by atoms with van der Waals surface area (Å²) in [6.07, 6.45) is -1.71. The number of nitrogens with zero attached hydrogens (tertiary/aromatic N) is 1. The van der Waals surface area contributed by atoms with Crippen molar-refractivity contribution in [1.82, 2.24) is 16.0 Å². The van der Waals surface area contributed by atoms with Crippen LogP contribution in [0.1, 0.15) is 31.7 Å². The van der Waals surface area contributed by atoms with Crippen LogP contribution in [0.15, 0.2) is 35.3 Å². The number of rotatable bonds is 16. The van der Waals surface area contributed by atoms with Crippen LogP contribution in [0, 0.1) is 0 Å². The lowest BCUT2D eigenvalue weighted by Crippen LogP contribution is -2.60. The van der Waals surface area contributed by atoms with Gasteiger partial charge in [-0.05, 0) is 25.3 Å². The van der Waals surface area contributed by atoms with Crippen LogP contribution in [0.4, 0.5) is 0 Å². The molecule has 1 aromatic rings. The van der Waals surface area contributed by atoms with E-state index < -0.39 is 66.3 Å². The minimum atomic E-state index is -1.56. The predicted octanol–water partition coefficient (Wildman–Crippen LogP) is -3.59. The molecule has 1 rings (SSSR count). The van der Waals surface area contributed by atoms with Crippen molar-refractivity contribution in [3.8, 4) is 0 Å². The number of aliphatic carboxylic acids is 1. The molecule has 0 saturated carbocycles. The highest BCUT2D eigenvalue weighted by molar-refractivity contribution is 5.95. The highest BCUT2D eigenvalue weighted by Crippen LogP contribution is 2.06. The molecule has 0 aromatic heterocycles. The van der Waals surface area contributed by atoms with Gasteiger partial charge >= 0.3 is 5.97 Å². The number of guanidine groups is 1. The number of carbonyl (C=O) groups excluding carboxylic acids is 4. The first-order valence-corrected chi connectivity index (χ1v) is 11.8. The Labute approximate surface area is 219 Å². The van der Waals surface area contributed by atoms with Gasteiger partial charge in [-0.3, -0.25) is 24.2 Å². The van der Waals surface area contributed by atoms with Gasteiger partial charge in [-0.1, -0.05) is 30.3 Å². The Morgan fingerprint density at radius 3 is 2.05 bits per heavy atom. The zero-order valence-electron chi connectivity index (χ0n) is 21.0. The quantitative estimate of drug-likeness (QED) is 0.0568. The van der Waals surface area contributed by atoms with Gasteiger partial charge in [0.05, 0.1) is 18.6 Å². The normalized spacial score (nSPS) is 14.6. The number of primary amides is 1. The SMILES string of the molecule is CC(O)C(NC(=O)C(CCCN=C(N)N)NC(=O)C(N)CC(N)=O)C(=O)NC(Cc1ccccc1)C(=O)O. The molecule has 0 aliphatic heterocycles. The molecule has 38 heavy (non-hydrogen) atoms. The summed E-state index contributed by atoms with van der Waals surface area (Å²) >= 11 is 0. The molecule has 15 heteroatoms. The van der Waals surface area contributed by atoms with Gasteiger partial charge in [0, 0.05) is 13.0 Å². The van der Waals surface area contributed by atoms with Gasteiger partial charge in [0.2, 0.25) is 23.6 Å². The highest BCUT2D eigenvalue weighted by atomic mass is 16.4. The van der Waals surface area contributed by atoms with Crippen LogP contribution in [0.5, 0.6) is 0 Å². The second-order valence-corrected chi connectivity index (χ2v) is 8.60. The second kappa shape index (κ2) is 15.8. The van der Waals surface area contributed by atoms with Crippen molar-refractivity contribution < 1.29 is 34.2 Å². The minimum absolute atomic E-state index is 0.00243. The van der Waals surface area contributed by atoms with Gasteiger partial charge < -0.3 is 49.1 Å². The fraction of sp³-hybridized carbons (Fsp3) is 0.478. The highest BCUT2D eigenvalue weighted by Gasteiger charge is 2.32. The molecule has 210 valence electrons. The molecule has 0 heterocycles. The molecule has 0 spiro atoms. The minimum Gasteiger partial charge on any atom is -0.480 e. The number of hydrogen-bond donors (Lipinski definition) is 9. The van der Waals surface area contributed by atoms with Crippen molar-refractivity contribution >= 4 is 35.6 Å². The summed E-state index contributed by atoms with van der Waals surface area (Å²) in [6.45, 7) is 1.35. The molecule has 0 radical (unpaired) electrons. The number of carboxylic acid groups (broad SMARTS) is 1. The first kappa shape index (κ1) is 31.8. The summed E-state index contributed by atoms with van der Waals surface area (Å²) in [5, 5.41) is 26.8. The van der Waals surface area contributed by atoms with E-state index in [1.807, 2.05) is 0 Å². The van der Waals surface area contributed by atoms with Crippen LogP contribution < -0.4 is 38.9 Å². The smallest absolute Gasteiger partial charge is 0.326 e. The molecule has 15 nitrogen and oxygen atoms in total. The Kier molecular flexibility index (Phi) is 13.2. The number of benzene rings is 1. The van der Waals surface area contributed by atoms with E-state index in [0.717, 1.165) is 0 Å². The van der Waals surface area contributed by atoms with E-state index >= 15 is 0 Å². The molecular formula is C23H36N8O7. The molecule has 0 bridgehead atoms. The van der Waals surface area contributed by atoms with Gasteiger partial charge in [0.25, 0.3) is 0 Å². The summed E-state index contributed by atoms with van der Waals surface area (Å²) in [6, 6.07) is 3.07. The lowest BCUT2D eigenvalue weighted by Gasteiger charge is -2.26.